The molecular weight excluding hydrogens is 262 g/mol. The number of fused-ring (bicyclic) bond motifs is 1. The lowest BCUT2D eigenvalue weighted by Gasteiger charge is -2.08. The first-order valence-corrected chi connectivity index (χ1v) is 6.44. The fourth-order valence-electron chi connectivity index (χ4n) is 2.20. The Labute approximate surface area is 115 Å². The van der Waals surface area contributed by atoms with E-state index in [4.69, 9.17) is 21.8 Å². The molecule has 19 heavy (non-hydrogen) atoms. The second kappa shape index (κ2) is 4.72. The maximum atomic E-state index is 6.13. The number of halogens is 1. The second-order valence-corrected chi connectivity index (χ2v) is 4.90. The number of benzene rings is 1. The fourth-order valence-corrected chi connectivity index (χ4v) is 2.35. The van der Waals surface area contributed by atoms with Crippen LogP contribution in [0.5, 0.6) is 0 Å². The summed E-state index contributed by atoms with van der Waals surface area (Å²) in [7, 11) is 1.99. The van der Waals surface area contributed by atoms with E-state index in [0.717, 1.165) is 16.9 Å². The average Bonchev–Trinajstić information content (AvgIpc) is 2.96. The molecule has 0 radical (unpaired) electrons. The molecule has 0 amide bonds. The van der Waals surface area contributed by atoms with Crippen LogP contribution < -0.4 is 5.73 Å². The van der Waals surface area contributed by atoms with Crippen molar-refractivity contribution in [2.75, 3.05) is 0 Å². The first kappa shape index (κ1) is 12.3. The van der Waals surface area contributed by atoms with Crippen LogP contribution in [0.1, 0.15) is 17.6 Å². The lowest BCUT2D eigenvalue weighted by molar-refractivity contribution is 0.460. The standard InChI is InChI=1S/C14H14ClN3O/c1-18-11-5-3-2-4-10(11)17-14(18)8-9(16)12-6-7-13(15)19-12/h2-7,9H,8,16H2,1H3. The van der Waals surface area contributed by atoms with Gasteiger partial charge in [-0.15, -0.1) is 0 Å². The van der Waals surface area contributed by atoms with Gasteiger partial charge < -0.3 is 14.7 Å². The second-order valence-electron chi connectivity index (χ2n) is 4.53. The zero-order valence-electron chi connectivity index (χ0n) is 10.5. The minimum Gasteiger partial charge on any atom is -0.448 e. The van der Waals surface area contributed by atoms with Crippen molar-refractivity contribution in [3.8, 4) is 0 Å². The van der Waals surface area contributed by atoms with Crippen molar-refractivity contribution in [1.29, 1.82) is 0 Å². The van der Waals surface area contributed by atoms with Gasteiger partial charge in [0.2, 0.25) is 0 Å². The van der Waals surface area contributed by atoms with Gasteiger partial charge in [0.05, 0.1) is 17.1 Å². The van der Waals surface area contributed by atoms with Crippen LogP contribution in [0.2, 0.25) is 5.22 Å². The number of aromatic nitrogens is 2. The molecule has 3 rings (SSSR count). The summed E-state index contributed by atoms with van der Waals surface area (Å²) in [5.41, 5.74) is 8.20. The highest BCUT2D eigenvalue weighted by molar-refractivity contribution is 6.28. The van der Waals surface area contributed by atoms with E-state index in [2.05, 4.69) is 9.55 Å². The summed E-state index contributed by atoms with van der Waals surface area (Å²) >= 11 is 5.76. The molecule has 2 aromatic heterocycles. The van der Waals surface area contributed by atoms with Crippen molar-refractivity contribution < 1.29 is 4.42 Å². The van der Waals surface area contributed by atoms with Crippen LogP contribution >= 0.6 is 11.6 Å². The molecule has 0 saturated carbocycles. The molecule has 0 aliphatic heterocycles. The summed E-state index contributed by atoms with van der Waals surface area (Å²) < 4.78 is 7.39. The van der Waals surface area contributed by atoms with Gasteiger partial charge in [0.25, 0.3) is 0 Å². The predicted molar refractivity (Wildman–Crippen MR) is 75.1 cm³/mol. The van der Waals surface area contributed by atoms with Crippen molar-refractivity contribution in [2.45, 2.75) is 12.5 Å². The van der Waals surface area contributed by atoms with Crippen LogP contribution in [0.4, 0.5) is 0 Å². The lowest BCUT2D eigenvalue weighted by atomic mass is 10.1. The molecule has 1 atom stereocenters. The molecule has 2 heterocycles. The number of nitrogens with zero attached hydrogens (tertiary/aromatic N) is 2. The van der Waals surface area contributed by atoms with Crippen LogP contribution in [0.15, 0.2) is 40.8 Å². The van der Waals surface area contributed by atoms with Gasteiger partial charge in [0.15, 0.2) is 5.22 Å². The summed E-state index contributed by atoms with van der Waals surface area (Å²) in [6.07, 6.45) is 0.606. The molecule has 1 unspecified atom stereocenters. The van der Waals surface area contributed by atoms with Gasteiger partial charge in [0.1, 0.15) is 11.6 Å². The number of rotatable bonds is 3. The van der Waals surface area contributed by atoms with Gasteiger partial charge in [-0.05, 0) is 35.9 Å². The number of imidazole rings is 1. The van der Waals surface area contributed by atoms with E-state index < -0.39 is 0 Å². The minimum atomic E-state index is -0.247. The Bertz CT molecular complexity index is 716. The molecule has 4 nitrogen and oxygen atoms in total. The third kappa shape index (κ3) is 2.25. The van der Waals surface area contributed by atoms with Gasteiger partial charge in [-0.2, -0.15) is 0 Å². The molecule has 0 fully saturated rings. The maximum Gasteiger partial charge on any atom is 0.193 e. The highest BCUT2D eigenvalue weighted by Crippen LogP contribution is 2.22. The summed E-state index contributed by atoms with van der Waals surface area (Å²) in [4.78, 5) is 4.59. The molecule has 0 spiro atoms. The van der Waals surface area contributed by atoms with Crippen LogP contribution in [0, 0.1) is 0 Å². The fraction of sp³-hybridized carbons (Fsp3) is 0.214. The van der Waals surface area contributed by atoms with Crippen LogP contribution in [-0.4, -0.2) is 9.55 Å². The average molecular weight is 276 g/mol. The van der Waals surface area contributed by atoms with Gasteiger partial charge in [-0.1, -0.05) is 12.1 Å². The van der Waals surface area contributed by atoms with Crippen molar-refractivity contribution in [3.05, 3.63) is 53.2 Å². The Morgan fingerprint density at radius 2 is 2.11 bits per heavy atom. The molecule has 0 saturated heterocycles. The van der Waals surface area contributed by atoms with Crippen molar-refractivity contribution >= 4 is 22.6 Å². The number of hydrogen-bond donors (Lipinski definition) is 1. The Balaban J connectivity index is 1.91. The summed E-state index contributed by atoms with van der Waals surface area (Å²) in [6.45, 7) is 0. The topological polar surface area (TPSA) is 57.0 Å². The van der Waals surface area contributed by atoms with Crippen LogP contribution in [0.3, 0.4) is 0 Å². The van der Waals surface area contributed by atoms with Gasteiger partial charge in [-0.25, -0.2) is 4.98 Å². The molecule has 0 aliphatic rings. The van der Waals surface area contributed by atoms with Crippen molar-refractivity contribution in [3.63, 3.8) is 0 Å². The van der Waals surface area contributed by atoms with Crippen molar-refractivity contribution in [2.24, 2.45) is 12.8 Å². The first-order chi connectivity index (χ1) is 9.15. The zero-order chi connectivity index (χ0) is 13.4. The molecule has 5 heteroatoms. The molecule has 0 aliphatic carbocycles. The number of nitrogens with two attached hydrogens (primary N) is 1. The third-order valence-corrected chi connectivity index (χ3v) is 3.44. The lowest BCUT2D eigenvalue weighted by Crippen LogP contribution is -2.15. The monoisotopic (exact) mass is 275 g/mol. The van der Waals surface area contributed by atoms with E-state index >= 15 is 0 Å². The van der Waals surface area contributed by atoms with E-state index in [1.165, 1.54) is 0 Å². The largest absolute Gasteiger partial charge is 0.448 e. The van der Waals surface area contributed by atoms with E-state index in [1.54, 1.807) is 12.1 Å². The number of hydrogen-bond acceptors (Lipinski definition) is 3. The summed E-state index contributed by atoms with van der Waals surface area (Å²) in [5, 5.41) is 0.357. The van der Waals surface area contributed by atoms with E-state index in [9.17, 15) is 0 Å². The quantitative estimate of drug-likeness (QED) is 0.799. The molecule has 0 bridgehead atoms. The highest BCUT2D eigenvalue weighted by Gasteiger charge is 2.15. The molecule has 2 N–H and O–H groups in total. The van der Waals surface area contributed by atoms with Gasteiger partial charge in [-0.3, -0.25) is 0 Å². The smallest absolute Gasteiger partial charge is 0.193 e. The van der Waals surface area contributed by atoms with Crippen LogP contribution in [0.25, 0.3) is 11.0 Å². The Morgan fingerprint density at radius 1 is 1.32 bits per heavy atom. The van der Waals surface area contributed by atoms with Crippen LogP contribution in [-0.2, 0) is 13.5 Å². The maximum absolute atomic E-state index is 6.13. The van der Waals surface area contributed by atoms with E-state index in [1.807, 2.05) is 31.3 Å². The van der Waals surface area contributed by atoms with E-state index in [0.29, 0.717) is 17.4 Å². The summed E-state index contributed by atoms with van der Waals surface area (Å²) in [5.74, 6) is 1.61. The molecular formula is C14H14ClN3O. The molecule has 98 valence electrons. The zero-order valence-corrected chi connectivity index (χ0v) is 11.3. The normalized spacial score (nSPS) is 13.0. The predicted octanol–water partition coefficient (Wildman–Crippen LogP) is 3.06. The van der Waals surface area contributed by atoms with Crippen molar-refractivity contribution in [1.82, 2.24) is 9.55 Å². The Morgan fingerprint density at radius 3 is 2.79 bits per heavy atom. The highest BCUT2D eigenvalue weighted by atomic mass is 35.5. The van der Waals surface area contributed by atoms with E-state index in [-0.39, 0.29) is 6.04 Å². The molecule has 3 aromatic rings. The Kier molecular flexibility index (Phi) is 3.05. The Hall–Kier alpha value is -1.78. The first-order valence-electron chi connectivity index (χ1n) is 6.06. The molecule has 1 aromatic carbocycles. The number of furan rings is 1. The minimum absolute atomic E-state index is 0.247. The number of aryl methyl sites for hydroxylation is 1. The number of para-hydroxylation sites is 2. The summed E-state index contributed by atoms with van der Waals surface area (Å²) in [6, 6.07) is 11.3. The third-order valence-electron chi connectivity index (χ3n) is 3.24. The van der Waals surface area contributed by atoms with Gasteiger partial charge in [0, 0.05) is 13.5 Å². The van der Waals surface area contributed by atoms with Gasteiger partial charge >= 0.3 is 0 Å². The SMILES string of the molecule is Cn1c(CC(N)c2ccc(Cl)o2)nc2ccccc21.